The molecule has 1 atom stereocenters. The summed E-state index contributed by atoms with van der Waals surface area (Å²) in [5.41, 5.74) is 3.77. The fraction of sp³-hybridized carbons (Fsp3) is 0.250. The van der Waals surface area contributed by atoms with E-state index >= 15 is 0 Å². The first-order chi connectivity index (χ1) is 12.4. The number of nitrogens with one attached hydrogen (secondary N) is 1. The van der Waals surface area contributed by atoms with Crippen molar-refractivity contribution < 1.29 is 19.5 Å². The summed E-state index contributed by atoms with van der Waals surface area (Å²) in [5.74, 6) is -1.40. The lowest BCUT2D eigenvalue weighted by molar-refractivity contribution is -0.136. The summed E-state index contributed by atoms with van der Waals surface area (Å²) < 4.78 is 0. The molecule has 2 aromatic rings. The molecule has 0 aromatic heterocycles. The van der Waals surface area contributed by atoms with Gasteiger partial charge in [-0.15, -0.1) is 0 Å². The van der Waals surface area contributed by atoms with Crippen molar-refractivity contribution in [2.75, 3.05) is 10.2 Å². The smallest absolute Gasteiger partial charge is 0.307 e. The molecule has 2 N–H and O–H groups in total. The van der Waals surface area contributed by atoms with Crippen LogP contribution in [-0.4, -0.2) is 28.9 Å². The number of carboxylic acid groups (broad SMARTS) is 1. The average Bonchev–Trinajstić information content (AvgIpc) is 2.84. The van der Waals surface area contributed by atoms with Crippen molar-refractivity contribution >= 4 is 29.2 Å². The monoisotopic (exact) mass is 352 g/mol. The highest BCUT2D eigenvalue weighted by Crippen LogP contribution is 2.30. The molecule has 0 aliphatic carbocycles. The van der Waals surface area contributed by atoms with Gasteiger partial charge in [-0.3, -0.25) is 14.4 Å². The lowest BCUT2D eigenvalue weighted by Gasteiger charge is -2.20. The quantitative estimate of drug-likeness (QED) is 0.808. The highest BCUT2D eigenvalue weighted by Gasteiger charge is 2.40. The summed E-state index contributed by atoms with van der Waals surface area (Å²) >= 11 is 0. The van der Waals surface area contributed by atoms with Crippen LogP contribution >= 0.6 is 0 Å². The zero-order valence-corrected chi connectivity index (χ0v) is 14.7. The standard InChI is InChI=1S/C20H20N2O4/c1-12-4-3-5-13(2)19(12)22-17(23)11-16(20(22)26)21-15-8-6-14(7-9-15)10-18(24)25/h3-9,16,21H,10-11H2,1-2H3,(H,24,25)/t16-/m1/s1. The van der Waals surface area contributed by atoms with Crippen molar-refractivity contribution in [3.8, 4) is 0 Å². The van der Waals surface area contributed by atoms with Gasteiger partial charge in [0.05, 0.1) is 18.5 Å². The van der Waals surface area contributed by atoms with E-state index in [0.29, 0.717) is 16.9 Å². The van der Waals surface area contributed by atoms with Crippen molar-refractivity contribution in [2.45, 2.75) is 32.7 Å². The van der Waals surface area contributed by atoms with E-state index in [1.54, 1.807) is 24.3 Å². The van der Waals surface area contributed by atoms with Crippen molar-refractivity contribution in [2.24, 2.45) is 0 Å². The Labute approximate surface area is 151 Å². The highest BCUT2D eigenvalue weighted by atomic mass is 16.4. The molecule has 6 nitrogen and oxygen atoms in total. The van der Waals surface area contributed by atoms with Crippen LogP contribution in [0.5, 0.6) is 0 Å². The number of amides is 2. The zero-order valence-electron chi connectivity index (χ0n) is 14.7. The number of carboxylic acids is 1. The van der Waals surface area contributed by atoms with E-state index in [-0.39, 0.29) is 24.7 Å². The maximum absolute atomic E-state index is 12.8. The SMILES string of the molecule is Cc1cccc(C)c1N1C(=O)C[C@@H](Nc2ccc(CC(=O)O)cc2)C1=O. The Hall–Kier alpha value is -3.15. The fourth-order valence-electron chi connectivity index (χ4n) is 3.23. The minimum absolute atomic E-state index is 0.0541. The molecule has 6 heteroatoms. The Bertz CT molecular complexity index is 854. The highest BCUT2D eigenvalue weighted by molar-refractivity contribution is 6.23. The van der Waals surface area contributed by atoms with Crippen molar-refractivity contribution in [3.05, 3.63) is 59.2 Å². The largest absolute Gasteiger partial charge is 0.481 e. The van der Waals surface area contributed by atoms with Gasteiger partial charge in [0, 0.05) is 5.69 Å². The summed E-state index contributed by atoms with van der Waals surface area (Å²) in [5, 5.41) is 11.9. The van der Waals surface area contributed by atoms with Crippen molar-refractivity contribution in [1.82, 2.24) is 0 Å². The molecular formula is C20H20N2O4. The second kappa shape index (κ2) is 7.00. The number of benzene rings is 2. The first-order valence-electron chi connectivity index (χ1n) is 8.37. The van der Waals surface area contributed by atoms with Crippen LogP contribution in [0.2, 0.25) is 0 Å². The molecule has 0 radical (unpaired) electrons. The Morgan fingerprint density at radius 3 is 2.31 bits per heavy atom. The minimum atomic E-state index is -0.897. The first kappa shape index (κ1) is 17.7. The van der Waals surface area contributed by atoms with Gasteiger partial charge in [-0.05, 0) is 42.7 Å². The van der Waals surface area contributed by atoms with E-state index in [1.165, 1.54) is 4.90 Å². The van der Waals surface area contributed by atoms with E-state index in [1.807, 2.05) is 32.0 Å². The summed E-state index contributed by atoms with van der Waals surface area (Å²) in [7, 11) is 0. The van der Waals surface area contributed by atoms with E-state index in [0.717, 1.165) is 11.1 Å². The van der Waals surface area contributed by atoms with E-state index < -0.39 is 12.0 Å². The molecule has 0 spiro atoms. The third-order valence-corrected chi connectivity index (χ3v) is 4.46. The van der Waals surface area contributed by atoms with Gasteiger partial charge in [0.25, 0.3) is 5.91 Å². The molecule has 0 bridgehead atoms. The minimum Gasteiger partial charge on any atom is -0.481 e. The number of imide groups is 1. The molecule has 26 heavy (non-hydrogen) atoms. The van der Waals surface area contributed by atoms with Crippen LogP contribution < -0.4 is 10.2 Å². The number of aryl methyl sites for hydroxylation is 2. The van der Waals surface area contributed by atoms with Crippen LogP contribution in [0.15, 0.2) is 42.5 Å². The van der Waals surface area contributed by atoms with Gasteiger partial charge in [-0.25, -0.2) is 4.90 Å². The predicted octanol–water partition coefficient (Wildman–Crippen LogP) is 2.67. The van der Waals surface area contributed by atoms with Gasteiger partial charge >= 0.3 is 5.97 Å². The van der Waals surface area contributed by atoms with Crippen molar-refractivity contribution in [3.63, 3.8) is 0 Å². The molecule has 3 rings (SSSR count). The van der Waals surface area contributed by atoms with E-state index in [4.69, 9.17) is 5.11 Å². The maximum Gasteiger partial charge on any atom is 0.307 e. The number of carbonyl (C=O) groups is 3. The third kappa shape index (κ3) is 3.44. The van der Waals surface area contributed by atoms with Crippen LogP contribution in [0, 0.1) is 13.8 Å². The molecule has 134 valence electrons. The second-order valence-corrected chi connectivity index (χ2v) is 6.48. The van der Waals surface area contributed by atoms with Gasteiger partial charge in [0.2, 0.25) is 5.91 Å². The Morgan fingerprint density at radius 2 is 1.73 bits per heavy atom. The van der Waals surface area contributed by atoms with Crippen LogP contribution in [0.4, 0.5) is 11.4 Å². The molecule has 0 unspecified atom stereocenters. The number of anilines is 2. The first-order valence-corrected chi connectivity index (χ1v) is 8.37. The summed E-state index contributed by atoms with van der Waals surface area (Å²) in [4.78, 5) is 37.3. The predicted molar refractivity (Wildman–Crippen MR) is 98.2 cm³/mol. The van der Waals surface area contributed by atoms with Gasteiger partial charge in [-0.2, -0.15) is 0 Å². The zero-order chi connectivity index (χ0) is 18.8. The lowest BCUT2D eigenvalue weighted by Crippen LogP contribution is -2.35. The molecule has 2 aromatic carbocycles. The van der Waals surface area contributed by atoms with Gasteiger partial charge in [0.15, 0.2) is 0 Å². The Kier molecular flexibility index (Phi) is 4.75. The number of hydrogen-bond acceptors (Lipinski definition) is 4. The van der Waals surface area contributed by atoms with Crippen LogP contribution in [0.25, 0.3) is 0 Å². The Balaban J connectivity index is 1.78. The van der Waals surface area contributed by atoms with Crippen LogP contribution in [0.3, 0.4) is 0 Å². The van der Waals surface area contributed by atoms with E-state index in [2.05, 4.69) is 5.32 Å². The molecule has 2 amide bonds. The van der Waals surface area contributed by atoms with Gasteiger partial charge < -0.3 is 10.4 Å². The number of hydrogen-bond donors (Lipinski definition) is 2. The molecule has 1 saturated heterocycles. The topological polar surface area (TPSA) is 86.7 Å². The number of aliphatic carboxylic acids is 1. The van der Waals surface area contributed by atoms with Crippen LogP contribution in [-0.2, 0) is 20.8 Å². The molecule has 0 saturated carbocycles. The lowest BCUT2D eigenvalue weighted by atomic mass is 10.1. The molecule has 1 aliphatic heterocycles. The number of nitrogens with zero attached hydrogens (tertiary/aromatic N) is 1. The molecule has 1 heterocycles. The number of carbonyl (C=O) groups excluding carboxylic acids is 2. The second-order valence-electron chi connectivity index (χ2n) is 6.48. The van der Waals surface area contributed by atoms with E-state index in [9.17, 15) is 14.4 Å². The number of para-hydroxylation sites is 1. The van der Waals surface area contributed by atoms with Gasteiger partial charge in [0.1, 0.15) is 6.04 Å². The molecular weight excluding hydrogens is 332 g/mol. The maximum atomic E-state index is 12.8. The van der Waals surface area contributed by atoms with Crippen LogP contribution in [0.1, 0.15) is 23.1 Å². The molecule has 1 aliphatic rings. The Morgan fingerprint density at radius 1 is 1.12 bits per heavy atom. The normalized spacial score (nSPS) is 16.8. The number of rotatable bonds is 5. The van der Waals surface area contributed by atoms with Gasteiger partial charge in [-0.1, -0.05) is 30.3 Å². The summed E-state index contributed by atoms with van der Waals surface area (Å²) in [6.45, 7) is 3.76. The summed E-state index contributed by atoms with van der Waals surface area (Å²) in [6, 6.07) is 11.9. The van der Waals surface area contributed by atoms with Crippen molar-refractivity contribution in [1.29, 1.82) is 0 Å². The summed E-state index contributed by atoms with van der Waals surface area (Å²) in [6.07, 6.45) is 0.0327. The average molecular weight is 352 g/mol. The fourth-order valence-corrected chi connectivity index (χ4v) is 3.23. The third-order valence-electron chi connectivity index (χ3n) is 4.46. The molecule has 1 fully saturated rings.